The molecule has 17 heavy (non-hydrogen) atoms. The van der Waals surface area contributed by atoms with Gasteiger partial charge in [-0.3, -0.25) is 0 Å². The van der Waals surface area contributed by atoms with Gasteiger partial charge < -0.3 is 21.9 Å². The molecule has 0 saturated carbocycles. The van der Waals surface area contributed by atoms with Gasteiger partial charge in [-0.1, -0.05) is 0 Å². The molecule has 1 aromatic rings. The highest BCUT2D eigenvalue weighted by Crippen LogP contribution is 2.36. The Morgan fingerprint density at radius 3 is 2.47 bits per heavy atom. The Labute approximate surface area is 108 Å². The predicted molar refractivity (Wildman–Crippen MR) is 72.5 cm³/mol. The van der Waals surface area contributed by atoms with Crippen LogP contribution in [0.15, 0.2) is 26.6 Å². The van der Waals surface area contributed by atoms with E-state index in [1.807, 2.05) is 19.1 Å². The van der Waals surface area contributed by atoms with Gasteiger partial charge in [-0.2, -0.15) is 4.99 Å². The Hall–Kier alpha value is -1.76. The van der Waals surface area contributed by atoms with Crippen molar-refractivity contribution in [2.24, 2.45) is 27.2 Å². The van der Waals surface area contributed by atoms with E-state index in [9.17, 15) is 0 Å². The van der Waals surface area contributed by atoms with Crippen LogP contribution in [-0.4, -0.2) is 19.0 Å². The molecular weight excluding hydrogens is 286 g/mol. The Balaban J connectivity index is 3.27. The lowest BCUT2D eigenvalue weighted by Gasteiger charge is -2.08. The second-order valence-electron chi connectivity index (χ2n) is 3.30. The van der Waals surface area contributed by atoms with E-state index >= 15 is 0 Å². The molecule has 0 fully saturated rings. The number of methoxy groups -OCH3 is 1. The largest absolute Gasteiger partial charge is 0.494 e. The summed E-state index contributed by atoms with van der Waals surface area (Å²) in [5.41, 5.74) is 17.5. The molecule has 0 atom stereocenters. The first-order valence-corrected chi connectivity index (χ1v) is 5.51. The fraction of sp³-hybridized carbons (Fsp3) is 0.200. The third-order valence-electron chi connectivity index (χ3n) is 1.86. The molecule has 0 bridgehead atoms. The molecule has 0 saturated heterocycles. The zero-order valence-electron chi connectivity index (χ0n) is 9.57. The first kappa shape index (κ1) is 13.3. The first-order valence-electron chi connectivity index (χ1n) is 4.72. The van der Waals surface area contributed by atoms with Crippen LogP contribution < -0.4 is 21.9 Å². The molecule has 0 spiro atoms. The van der Waals surface area contributed by atoms with Gasteiger partial charge in [0.1, 0.15) is 11.4 Å². The van der Waals surface area contributed by atoms with Gasteiger partial charge in [0.15, 0.2) is 5.96 Å². The maximum atomic E-state index is 5.56. The maximum Gasteiger partial charge on any atom is 0.223 e. The van der Waals surface area contributed by atoms with E-state index in [0.717, 1.165) is 10.0 Å². The van der Waals surface area contributed by atoms with E-state index < -0.39 is 0 Å². The lowest BCUT2D eigenvalue weighted by atomic mass is 10.2. The van der Waals surface area contributed by atoms with Crippen LogP contribution in [0.5, 0.6) is 5.75 Å². The van der Waals surface area contributed by atoms with Gasteiger partial charge in [0.2, 0.25) is 5.96 Å². The van der Waals surface area contributed by atoms with Crippen molar-refractivity contribution in [2.45, 2.75) is 6.92 Å². The van der Waals surface area contributed by atoms with Crippen LogP contribution in [0.3, 0.4) is 0 Å². The highest BCUT2D eigenvalue weighted by Gasteiger charge is 2.08. The molecule has 6 nitrogen and oxygen atoms in total. The van der Waals surface area contributed by atoms with E-state index in [2.05, 4.69) is 25.9 Å². The highest BCUT2D eigenvalue weighted by molar-refractivity contribution is 9.10. The zero-order valence-corrected chi connectivity index (χ0v) is 11.2. The van der Waals surface area contributed by atoms with Crippen LogP contribution in [0.2, 0.25) is 0 Å². The average molecular weight is 300 g/mol. The predicted octanol–water partition coefficient (Wildman–Crippen LogP) is 0.986. The summed E-state index contributed by atoms with van der Waals surface area (Å²) >= 11 is 3.38. The average Bonchev–Trinajstić information content (AvgIpc) is 2.20. The molecule has 1 aromatic carbocycles. The monoisotopic (exact) mass is 299 g/mol. The molecule has 0 unspecified atom stereocenters. The quantitative estimate of drug-likeness (QED) is 0.558. The summed E-state index contributed by atoms with van der Waals surface area (Å²) in [6.45, 7) is 1.94. The van der Waals surface area contributed by atoms with Crippen LogP contribution in [0.25, 0.3) is 0 Å². The van der Waals surface area contributed by atoms with Crippen molar-refractivity contribution in [1.82, 2.24) is 0 Å². The van der Waals surface area contributed by atoms with Crippen molar-refractivity contribution in [2.75, 3.05) is 7.11 Å². The fourth-order valence-electron chi connectivity index (χ4n) is 1.24. The molecule has 0 amide bonds. The number of ether oxygens (including phenoxy) is 1. The second-order valence-corrected chi connectivity index (χ2v) is 4.16. The molecule has 1 rings (SSSR count). The van der Waals surface area contributed by atoms with Gasteiger partial charge in [-0.15, -0.1) is 0 Å². The number of aryl methyl sites for hydroxylation is 1. The Morgan fingerprint density at radius 2 is 1.94 bits per heavy atom. The third-order valence-corrected chi connectivity index (χ3v) is 2.47. The molecule has 0 aliphatic rings. The van der Waals surface area contributed by atoms with Gasteiger partial charge in [0.25, 0.3) is 0 Å². The van der Waals surface area contributed by atoms with Crippen molar-refractivity contribution in [3.05, 3.63) is 22.2 Å². The highest BCUT2D eigenvalue weighted by atomic mass is 79.9. The number of nitrogens with two attached hydrogens (primary N) is 3. The van der Waals surface area contributed by atoms with Gasteiger partial charge in [0.05, 0.1) is 7.11 Å². The van der Waals surface area contributed by atoms with Crippen molar-refractivity contribution >= 4 is 33.5 Å². The summed E-state index contributed by atoms with van der Waals surface area (Å²) in [5, 5.41) is 0. The number of rotatable bonds is 2. The topological polar surface area (TPSA) is 112 Å². The molecule has 0 aliphatic heterocycles. The van der Waals surface area contributed by atoms with Gasteiger partial charge >= 0.3 is 0 Å². The normalized spacial score (nSPS) is 11.1. The smallest absolute Gasteiger partial charge is 0.223 e. The molecule has 0 aromatic heterocycles. The van der Waals surface area contributed by atoms with Gasteiger partial charge in [-0.25, -0.2) is 4.99 Å². The summed E-state index contributed by atoms with van der Waals surface area (Å²) in [6, 6.07) is 3.73. The van der Waals surface area contributed by atoms with Crippen molar-refractivity contribution in [3.63, 3.8) is 0 Å². The van der Waals surface area contributed by atoms with Crippen LogP contribution in [0, 0.1) is 6.92 Å². The number of hydrogen-bond acceptors (Lipinski definition) is 2. The van der Waals surface area contributed by atoms with Crippen molar-refractivity contribution < 1.29 is 4.74 Å². The Morgan fingerprint density at radius 1 is 1.29 bits per heavy atom. The van der Waals surface area contributed by atoms with Crippen LogP contribution >= 0.6 is 15.9 Å². The summed E-state index contributed by atoms with van der Waals surface area (Å²) in [7, 11) is 1.55. The van der Waals surface area contributed by atoms with E-state index in [1.165, 1.54) is 0 Å². The fourth-order valence-corrected chi connectivity index (χ4v) is 1.88. The number of hydrogen-bond donors (Lipinski definition) is 3. The zero-order chi connectivity index (χ0) is 13.0. The van der Waals surface area contributed by atoms with Crippen molar-refractivity contribution in [3.8, 4) is 5.75 Å². The molecule has 92 valence electrons. The van der Waals surface area contributed by atoms with Crippen molar-refractivity contribution in [1.29, 1.82) is 0 Å². The van der Waals surface area contributed by atoms with Crippen LogP contribution in [0.4, 0.5) is 5.69 Å². The minimum absolute atomic E-state index is 0.0344. The number of aliphatic imine (C=N–C) groups is 2. The van der Waals surface area contributed by atoms with Gasteiger partial charge in [-0.05, 0) is 40.5 Å². The summed E-state index contributed by atoms with van der Waals surface area (Å²) in [5.74, 6) is 0.409. The summed E-state index contributed by atoms with van der Waals surface area (Å²) in [6.07, 6.45) is 0. The van der Waals surface area contributed by atoms with E-state index in [-0.39, 0.29) is 11.9 Å². The SMILES string of the molecule is COc1cc(C)cc(Br)c1N=C(N)N=C(N)N. The van der Waals surface area contributed by atoms with E-state index in [1.54, 1.807) is 7.11 Å². The number of nitrogens with zero attached hydrogens (tertiary/aromatic N) is 2. The van der Waals surface area contributed by atoms with Crippen LogP contribution in [-0.2, 0) is 0 Å². The van der Waals surface area contributed by atoms with Gasteiger partial charge in [0, 0.05) is 4.47 Å². The van der Waals surface area contributed by atoms with E-state index in [4.69, 9.17) is 21.9 Å². The lowest BCUT2D eigenvalue weighted by Crippen LogP contribution is -2.26. The lowest BCUT2D eigenvalue weighted by molar-refractivity contribution is 0.415. The first-order chi connectivity index (χ1) is 7.93. The minimum Gasteiger partial charge on any atom is -0.494 e. The summed E-state index contributed by atoms with van der Waals surface area (Å²) < 4.78 is 5.96. The molecule has 0 heterocycles. The molecule has 0 radical (unpaired) electrons. The van der Waals surface area contributed by atoms with Crippen LogP contribution in [0.1, 0.15) is 5.56 Å². The Bertz CT molecular complexity index is 480. The molecule has 7 heteroatoms. The number of guanidine groups is 2. The Kier molecular flexibility index (Phi) is 4.33. The number of benzene rings is 1. The molecule has 6 N–H and O–H groups in total. The third kappa shape index (κ3) is 3.63. The number of halogens is 1. The van der Waals surface area contributed by atoms with E-state index in [0.29, 0.717) is 11.4 Å². The molecule has 0 aliphatic carbocycles. The standard InChI is InChI=1S/C10H14BrN5O/c1-5-3-6(11)8(7(4-5)17-2)15-10(14)16-9(12)13/h3-4H,1-2H3,(H6,12,13,14,15,16). The summed E-state index contributed by atoms with van der Waals surface area (Å²) in [4.78, 5) is 7.72. The minimum atomic E-state index is -0.145. The maximum absolute atomic E-state index is 5.56. The molecular formula is C10H14BrN5O. The second kappa shape index (κ2) is 5.53.